The molecule has 4 heterocycles. The average molecular weight is 394 g/mol. The molecule has 29 heavy (non-hydrogen) atoms. The van der Waals surface area contributed by atoms with Crippen LogP contribution in [-0.4, -0.2) is 59.2 Å². The summed E-state index contributed by atoms with van der Waals surface area (Å²) < 4.78 is 17.6. The number of benzene rings is 1. The highest BCUT2D eigenvalue weighted by Crippen LogP contribution is 2.34. The Morgan fingerprint density at radius 1 is 1.03 bits per heavy atom. The number of carbonyl (C=O) groups is 2. The summed E-state index contributed by atoms with van der Waals surface area (Å²) in [6.45, 7) is 2.15. The molecule has 1 saturated heterocycles. The third kappa shape index (κ3) is 3.15. The van der Waals surface area contributed by atoms with Gasteiger partial charge in [-0.2, -0.15) is 0 Å². The molecule has 0 spiro atoms. The lowest BCUT2D eigenvalue weighted by molar-refractivity contribution is 0.0300. The summed E-state index contributed by atoms with van der Waals surface area (Å²) in [5.41, 5.74) is 1.39. The lowest BCUT2D eigenvalue weighted by atomic mass is 10.2. The first-order chi connectivity index (χ1) is 14.2. The number of nitrogens with one attached hydrogen (secondary N) is 1. The van der Waals surface area contributed by atoms with E-state index in [1.54, 1.807) is 45.8 Å². The van der Waals surface area contributed by atoms with Crippen LogP contribution >= 0.6 is 0 Å². The first-order valence-electron chi connectivity index (χ1n) is 9.26. The number of nitrogens with zero attached hydrogens (tertiary/aromatic N) is 3. The summed E-state index contributed by atoms with van der Waals surface area (Å²) in [5.74, 6) is 0.701. The highest BCUT2D eigenvalue weighted by atomic mass is 16.7. The molecule has 0 saturated carbocycles. The van der Waals surface area contributed by atoms with Crippen molar-refractivity contribution < 1.29 is 23.8 Å². The molecule has 5 rings (SSSR count). The van der Waals surface area contributed by atoms with Crippen molar-refractivity contribution in [2.45, 2.75) is 0 Å². The van der Waals surface area contributed by atoms with Gasteiger partial charge in [0.05, 0.1) is 18.7 Å². The molecule has 0 radical (unpaired) electrons. The highest BCUT2D eigenvalue weighted by molar-refractivity contribution is 6.06. The molecule has 148 valence electrons. The largest absolute Gasteiger partial charge is 0.454 e. The van der Waals surface area contributed by atoms with Gasteiger partial charge in [-0.15, -0.1) is 0 Å². The van der Waals surface area contributed by atoms with Crippen molar-refractivity contribution in [3.8, 4) is 11.5 Å². The maximum Gasteiger partial charge on any atom is 0.292 e. The summed E-state index contributed by atoms with van der Waals surface area (Å²) in [5, 5.41) is 2.81. The van der Waals surface area contributed by atoms with E-state index >= 15 is 0 Å². The molecule has 1 aromatic carbocycles. The van der Waals surface area contributed by atoms with Crippen molar-refractivity contribution in [2.24, 2.45) is 0 Å². The van der Waals surface area contributed by atoms with Crippen molar-refractivity contribution in [2.75, 3.05) is 38.4 Å². The van der Waals surface area contributed by atoms with Crippen molar-refractivity contribution in [3.05, 3.63) is 54.1 Å². The van der Waals surface area contributed by atoms with E-state index in [1.165, 1.54) is 0 Å². The number of ether oxygens (including phenoxy) is 3. The summed E-state index contributed by atoms with van der Waals surface area (Å²) in [6, 6.07) is 10.5. The number of fused-ring (bicyclic) bond motifs is 2. The zero-order valence-corrected chi connectivity index (χ0v) is 15.5. The van der Waals surface area contributed by atoms with Gasteiger partial charge in [0.1, 0.15) is 0 Å². The molecule has 0 unspecified atom stereocenters. The van der Waals surface area contributed by atoms with E-state index in [1.807, 2.05) is 6.07 Å². The molecular weight excluding hydrogens is 376 g/mol. The fraction of sp³-hybridized carbons (Fsp3) is 0.250. The number of hydrogen-bond donors (Lipinski definition) is 1. The average Bonchev–Trinajstić information content (AvgIpc) is 3.38. The molecule has 2 aliphatic heterocycles. The van der Waals surface area contributed by atoms with Gasteiger partial charge in [-0.1, -0.05) is 6.07 Å². The van der Waals surface area contributed by atoms with Gasteiger partial charge < -0.3 is 24.4 Å². The van der Waals surface area contributed by atoms with Crippen LogP contribution in [-0.2, 0) is 4.74 Å². The molecule has 2 aromatic heterocycles. The van der Waals surface area contributed by atoms with Crippen LogP contribution in [0, 0.1) is 0 Å². The van der Waals surface area contributed by atoms with E-state index < -0.39 is 5.91 Å². The molecule has 1 N–H and O–H groups in total. The normalized spacial score (nSPS) is 15.5. The molecular formula is C20H18N4O5. The standard InChI is InChI=1S/C20H18N4O5/c25-19(21-13-4-5-15-16(11-13)29-12-28-15)18-22-17(14-3-1-2-6-24(14)18)20(26)23-7-9-27-10-8-23/h1-6,11H,7-10,12H2,(H,21,25). The van der Waals surface area contributed by atoms with E-state index in [9.17, 15) is 9.59 Å². The summed E-state index contributed by atoms with van der Waals surface area (Å²) in [6.07, 6.45) is 1.72. The van der Waals surface area contributed by atoms with Gasteiger partial charge in [-0.3, -0.25) is 14.0 Å². The molecule has 9 nitrogen and oxygen atoms in total. The van der Waals surface area contributed by atoms with Gasteiger partial charge in [0.15, 0.2) is 17.2 Å². The minimum absolute atomic E-state index is 0.134. The number of imidazole rings is 1. The zero-order valence-electron chi connectivity index (χ0n) is 15.5. The van der Waals surface area contributed by atoms with E-state index in [4.69, 9.17) is 14.2 Å². The number of anilines is 1. The number of amides is 2. The number of morpholine rings is 1. The van der Waals surface area contributed by atoms with Crippen molar-refractivity contribution in [1.82, 2.24) is 14.3 Å². The molecule has 0 aliphatic carbocycles. The van der Waals surface area contributed by atoms with Crippen LogP contribution in [0.5, 0.6) is 11.5 Å². The van der Waals surface area contributed by atoms with Gasteiger partial charge in [-0.05, 0) is 24.3 Å². The Kier molecular flexibility index (Phi) is 4.28. The number of hydrogen-bond acceptors (Lipinski definition) is 6. The van der Waals surface area contributed by atoms with Crippen LogP contribution in [0.1, 0.15) is 21.1 Å². The maximum atomic E-state index is 13.0. The fourth-order valence-electron chi connectivity index (χ4n) is 3.43. The minimum Gasteiger partial charge on any atom is -0.454 e. The second kappa shape index (κ2) is 7.10. The summed E-state index contributed by atoms with van der Waals surface area (Å²) in [4.78, 5) is 32.0. The lowest BCUT2D eigenvalue weighted by Crippen LogP contribution is -2.40. The molecule has 2 aliphatic rings. The second-order valence-corrected chi connectivity index (χ2v) is 6.67. The topological polar surface area (TPSA) is 94.4 Å². The van der Waals surface area contributed by atoms with E-state index in [-0.39, 0.29) is 24.2 Å². The Hall–Kier alpha value is -3.59. The van der Waals surface area contributed by atoms with Crippen LogP contribution in [0.3, 0.4) is 0 Å². The highest BCUT2D eigenvalue weighted by Gasteiger charge is 2.26. The van der Waals surface area contributed by atoms with E-state index in [2.05, 4.69) is 10.3 Å². The Labute approximate surface area is 165 Å². The number of pyridine rings is 1. The molecule has 3 aromatic rings. The SMILES string of the molecule is O=C(Nc1ccc2c(c1)OCO2)c1nc(C(=O)N2CCOCC2)c2ccccn12. The Balaban J connectivity index is 1.46. The summed E-state index contributed by atoms with van der Waals surface area (Å²) >= 11 is 0. The minimum atomic E-state index is -0.425. The molecule has 9 heteroatoms. The van der Waals surface area contributed by atoms with Crippen molar-refractivity contribution in [3.63, 3.8) is 0 Å². The van der Waals surface area contributed by atoms with Gasteiger partial charge in [0.2, 0.25) is 12.6 Å². The van der Waals surface area contributed by atoms with E-state index in [0.717, 1.165) is 0 Å². The molecule has 1 fully saturated rings. The smallest absolute Gasteiger partial charge is 0.292 e. The fourth-order valence-corrected chi connectivity index (χ4v) is 3.43. The first-order valence-corrected chi connectivity index (χ1v) is 9.26. The number of carbonyl (C=O) groups excluding carboxylic acids is 2. The van der Waals surface area contributed by atoms with E-state index in [0.29, 0.717) is 49.0 Å². The predicted molar refractivity (Wildman–Crippen MR) is 102 cm³/mol. The Bertz CT molecular complexity index is 1100. The van der Waals surface area contributed by atoms with Crippen molar-refractivity contribution >= 4 is 23.0 Å². The quantitative estimate of drug-likeness (QED) is 0.728. The third-order valence-corrected chi connectivity index (χ3v) is 4.88. The predicted octanol–water partition coefficient (Wildman–Crippen LogP) is 1.79. The maximum absolute atomic E-state index is 13.0. The third-order valence-electron chi connectivity index (χ3n) is 4.88. The monoisotopic (exact) mass is 394 g/mol. The van der Waals surface area contributed by atoms with Crippen LogP contribution in [0.15, 0.2) is 42.6 Å². The van der Waals surface area contributed by atoms with Crippen LogP contribution in [0.25, 0.3) is 5.52 Å². The Morgan fingerprint density at radius 2 is 1.86 bits per heavy atom. The van der Waals surface area contributed by atoms with Crippen LogP contribution in [0.2, 0.25) is 0 Å². The number of aromatic nitrogens is 2. The second-order valence-electron chi connectivity index (χ2n) is 6.67. The summed E-state index contributed by atoms with van der Waals surface area (Å²) in [7, 11) is 0. The van der Waals surface area contributed by atoms with Crippen molar-refractivity contribution in [1.29, 1.82) is 0 Å². The lowest BCUT2D eigenvalue weighted by Gasteiger charge is -2.26. The van der Waals surface area contributed by atoms with Crippen LogP contribution in [0.4, 0.5) is 5.69 Å². The number of rotatable bonds is 3. The first kappa shape index (κ1) is 17.5. The Morgan fingerprint density at radius 3 is 2.72 bits per heavy atom. The van der Waals surface area contributed by atoms with Crippen LogP contribution < -0.4 is 14.8 Å². The zero-order chi connectivity index (χ0) is 19.8. The van der Waals surface area contributed by atoms with Gasteiger partial charge >= 0.3 is 0 Å². The molecule has 0 atom stereocenters. The van der Waals surface area contributed by atoms with Gasteiger partial charge in [0, 0.05) is 31.0 Å². The van der Waals surface area contributed by atoms with Gasteiger partial charge in [0.25, 0.3) is 11.8 Å². The van der Waals surface area contributed by atoms with Gasteiger partial charge in [-0.25, -0.2) is 4.98 Å². The molecule has 0 bridgehead atoms. The molecule has 2 amide bonds.